The maximum absolute atomic E-state index is 12.3. The van der Waals surface area contributed by atoms with Crippen LogP contribution in [0.1, 0.15) is 11.4 Å². The molecular weight excluding hydrogens is 344 g/mol. The van der Waals surface area contributed by atoms with Gasteiger partial charge >= 0.3 is 17.9 Å². The number of nitro groups is 1. The predicted octanol–water partition coefficient (Wildman–Crippen LogP) is 2.16. The van der Waals surface area contributed by atoms with E-state index in [1.807, 2.05) is 0 Å². The third-order valence-electron chi connectivity index (χ3n) is 2.91. The molecule has 0 bridgehead atoms. The number of benzene rings is 1. The Morgan fingerprint density at radius 3 is 2.64 bits per heavy atom. The van der Waals surface area contributed by atoms with Crippen molar-refractivity contribution in [2.45, 2.75) is 6.61 Å². The van der Waals surface area contributed by atoms with Gasteiger partial charge in [-0.3, -0.25) is 14.9 Å². The van der Waals surface area contributed by atoms with E-state index in [0.717, 1.165) is 0 Å². The van der Waals surface area contributed by atoms with E-state index in [1.54, 1.807) is 0 Å². The number of aromatic hydroxyl groups is 1. The van der Waals surface area contributed by atoms with Crippen LogP contribution in [0.3, 0.4) is 0 Å². The lowest BCUT2D eigenvalue weighted by atomic mass is 10.2. The van der Waals surface area contributed by atoms with Crippen LogP contribution in [0.2, 0.25) is 0 Å². The summed E-state index contributed by atoms with van der Waals surface area (Å²) in [5.41, 5.74) is -1.71. The minimum absolute atomic E-state index is 0.0513. The highest BCUT2D eigenvalue weighted by atomic mass is 19.3. The van der Waals surface area contributed by atoms with Gasteiger partial charge in [0, 0.05) is 0 Å². The lowest BCUT2D eigenvalue weighted by Gasteiger charge is -2.10. The summed E-state index contributed by atoms with van der Waals surface area (Å²) in [6.07, 6.45) is 2.67. The fraction of sp³-hybridized carbons (Fsp3) is 0.143. The minimum atomic E-state index is -3.01. The number of hydrogen-bond acceptors (Lipinski definition) is 7. The number of methoxy groups -OCH3 is 1. The highest BCUT2D eigenvalue weighted by Crippen LogP contribution is 2.30. The lowest BCUT2D eigenvalue weighted by Crippen LogP contribution is -2.14. The van der Waals surface area contributed by atoms with Crippen LogP contribution in [-0.4, -0.2) is 33.7 Å². The molecule has 0 aliphatic rings. The van der Waals surface area contributed by atoms with E-state index in [1.165, 1.54) is 37.5 Å². The second-order valence-electron chi connectivity index (χ2n) is 4.50. The third kappa shape index (κ3) is 4.28. The quantitative estimate of drug-likeness (QED) is 0.600. The number of ether oxygens (including phenoxy) is 2. The molecule has 0 spiro atoms. The van der Waals surface area contributed by atoms with Crippen LogP contribution in [0.25, 0.3) is 12.2 Å². The Labute approximate surface area is 138 Å². The Bertz CT molecular complexity index is 881. The molecule has 2 aromatic rings. The number of H-pyrrole nitrogens is 1. The molecule has 0 aliphatic heterocycles. The van der Waals surface area contributed by atoms with Crippen LogP contribution in [0.15, 0.2) is 23.0 Å². The number of aromatic nitrogens is 2. The molecule has 132 valence electrons. The van der Waals surface area contributed by atoms with E-state index in [2.05, 4.69) is 14.7 Å². The molecule has 1 aromatic heterocycles. The fourth-order valence-corrected chi connectivity index (χ4v) is 1.87. The molecule has 11 heteroatoms. The largest absolute Gasteiger partial charge is 0.493 e. The number of halogens is 2. The fourth-order valence-electron chi connectivity index (χ4n) is 1.87. The summed E-state index contributed by atoms with van der Waals surface area (Å²) in [7, 11) is 1.27. The van der Waals surface area contributed by atoms with Gasteiger partial charge < -0.3 is 19.6 Å². The maximum Gasteiger partial charge on any atom is 0.395 e. The lowest BCUT2D eigenvalue weighted by molar-refractivity contribution is -0.387. The zero-order chi connectivity index (χ0) is 18.6. The van der Waals surface area contributed by atoms with E-state index in [0.29, 0.717) is 5.56 Å². The van der Waals surface area contributed by atoms with Crippen LogP contribution in [-0.2, 0) is 0 Å². The van der Waals surface area contributed by atoms with Gasteiger partial charge in [0.25, 0.3) is 5.88 Å². The van der Waals surface area contributed by atoms with Gasteiger partial charge in [-0.15, -0.1) is 0 Å². The predicted molar refractivity (Wildman–Crippen MR) is 81.7 cm³/mol. The van der Waals surface area contributed by atoms with E-state index >= 15 is 0 Å². The van der Waals surface area contributed by atoms with Gasteiger partial charge in [0.05, 0.1) is 12.0 Å². The molecule has 9 nitrogen and oxygen atoms in total. The molecule has 25 heavy (non-hydrogen) atoms. The Kier molecular flexibility index (Phi) is 5.27. The first-order valence-electron chi connectivity index (χ1n) is 6.60. The molecule has 1 aromatic carbocycles. The normalized spacial score (nSPS) is 11.0. The third-order valence-corrected chi connectivity index (χ3v) is 2.91. The van der Waals surface area contributed by atoms with E-state index in [4.69, 9.17) is 4.74 Å². The van der Waals surface area contributed by atoms with Crippen molar-refractivity contribution in [3.8, 4) is 17.4 Å². The number of aromatic amines is 1. The standard InChI is InChI=1S/C14H11F2N3O6/c1-24-9-6-7(2-4-8(9)25-14(15)16)3-5-10-17-12(20)11(19(22)23)13(21)18-10/h2-6,14H,1H3,(H2,17,18,20,21). The molecule has 2 rings (SSSR count). The van der Waals surface area contributed by atoms with Gasteiger partial charge in [-0.2, -0.15) is 13.8 Å². The number of alkyl halides is 2. The van der Waals surface area contributed by atoms with E-state index in [-0.39, 0.29) is 17.3 Å². The summed E-state index contributed by atoms with van der Waals surface area (Å²) in [6.45, 7) is -3.01. The van der Waals surface area contributed by atoms with Crippen molar-refractivity contribution in [2.24, 2.45) is 0 Å². The summed E-state index contributed by atoms with van der Waals surface area (Å²) in [6, 6.07) is 4.08. The summed E-state index contributed by atoms with van der Waals surface area (Å²) in [4.78, 5) is 26.7. The topological polar surface area (TPSA) is 128 Å². The van der Waals surface area contributed by atoms with Crippen LogP contribution in [0, 0.1) is 10.1 Å². The first kappa shape index (κ1) is 17.8. The van der Waals surface area contributed by atoms with Crippen LogP contribution in [0.4, 0.5) is 14.5 Å². The molecule has 2 N–H and O–H groups in total. The van der Waals surface area contributed by atoms with Crippen molar-refractivity contribution in [3.63, 3.8) is 0 Å². The second-order valence-corrected chi connectivity index (χ2v) is 4.50. The van der Waals surface area contributed by atoms with Gasteiger partial charge in [0.15, 0.2) is 11.5 Å². The summed E-state index contributed by atoms with van der Waals surface area (Å²) in [5.74, 6) is -1.27. The van der Waals surface area contributed by atoms with Crippen molar-refractivity contribution in [3.05, 3.63) is 50.1 Å². The first-order chi connectivity index (χ1) is 11.8. The molecular formula is C14H11F2N3O6. The number of nitrogens with zero attached hydrogens (tertiary/aromatic N) is 2. The zero-order valence-corrected chi connectivity index (χ0v) is 12.6. The molecule has 0 saturated carbocycles. The van der Waals surface area contributed by atoms with Gasteiger partial charge in [0.1, 0.15) is 5.82 Å². The Morgan fingerprint density at radius 1 is 1.36 bits per heavy atom. The molecule has 0 radical (unpaired) electrons. The SMILES string of the molecule is COc1cc(C=Cc2nc(O)c([N+](=O)[O-])c(=O)[nH]2)ccc1OC(F)F. The Hall–Kier alpha value is -3.50. The highest BCUT2D eigenvalue weighted by molar-refractivity contribution is 5.68. The van der Waals surface area contributed by atoms with Crippen molar-refractivity contribution in [1.82, 2.24) is 9.97 Å². The van der Waals surface area contributed by atoms with Crippen molar-refractivity contribution in [2.75, 3.05) is 7.11 Å². The average molecular weight is 355 g/mol. The number of rotatable bonds is 6. The Morgan fingerprint density at radius 2 is 2.08 bits per heavy atom. The van der Waals surface area contributed by atoms with Crippen molar-refractivity contribution >= 4 is 17.8 Å². The van der Waals surface area contributed by atoms with Crippen molar-refractivity contribution < 1.29 is 28.3 Å². The first-order valence-corrected chi connectivity index (χ1v) is 6.60. The molecule has 0 saturated heterocycles. The second kappa shape index (κ2) is 7.38. The van der Waals surface area contributed by atoms with Gasteiger partial charge in [0.2, 0.25) is 0 Å². The molecule has 0 atom stereocenters. The molecule has 0 unspecified atom stereocenters. The molecule has 0 fully saturated rings. The molecule has 0 amide bonds. The molecule has 1 heterocycles. The zero-order valence-electron chi connectivity index (χ0n) is 12.6. The Balaban J connectivity index is 2.30. The van der Waals surface area contributed by atoms with Crippen LogP contribution >= 0.6 is 0 Å². The van der Waals surface area contributed by atoms with Gasteiger partial charge in [-0.05, 0) is 23.8 Å². The number of nitrogens with one attached hydrogen (secondary N) is 1. The summed E-state index contributed by atoms with van der Waals surface area (Å²) in [5, 5.41) is 20.0. The summed E-state index contributed by atoms with van der Waals surface area (Å²) < 4.78 is 33.8. The average Bonchev–Trinajstić information content (AvgIpc) is 2.52. The van der Waals surface area contributed by atoms with Crippen molar-refractivity contribution in [1.29, 1.82) is 0 Å². The molecule has 0 aliphatic carbocycles. The van der Waals surface area contributed by atoms with Gasteiger partial charge in [-0.1, -0.05) is 12.1 Å². The van der Waals surface area contributed by atoms with Gasteiger partial charge in [-0.25, -0.2) is 0 Å². The minimum Gasteiger partial charge on any atom is -0.493 e. The number of hydrogen-bond donors (Lipinski definition) is 2. The highest BCUT2D eigenvalue weighted by Gasteiger charge is 2.21. The smallest absolute Gasteiger partial charge is 0.395 e. The van der Waals surface area contributed by atoms with E-state index in [9.17, 15) is 28.8 Å². The monoisotopic (exact) mass is 355 g/mol. The van der Waals surface area contributed by atoms with Crippen LogP contribution in [0.5, 0.6) is 17.4 Å². The summed E-state index contributed by atoms with van der Waals surface area (Å²) >= 11 is 0. The van der Waals surface area contributed by atoms with Crippen LogP contribution < -0.4 is 15.0 Å². The maximum atomic E-state index is 12.3. The van der Waals surface area contributed by atoms with E-state index < -0.39 is 28.7 Å².